The summed E-state index contributed by atoms with van der Waals surface area (Å²) in [5.41, 5.74) is -0.624. The van der Waals surface area contributed by atoms with E-state index in [1.54, 1.807) is 12.1 Å². The standard InChI is InChI=1S/C18H13NO6S2/c20-19(21)14-11-17(26(22,23)15-7-3-1-4-8-15)13-18(12-14)27(24,25)16-9-5-2-6-10-16/h1-13H. The predicted molar refractivity (Wildman–Crippen MR) is 96.9 cm³/mol. The number of nitro groups is 1. The molecule has 0 bridgehead atoms. The number of non-ortho nitro benzene ring substituents is 1. The molecule has 138 valence electrons. The number of sulfone groups is 2. The molecule has 0 radical (unpaired) electrons. The average molecular weight is 403 g/mol. The molecule has 0 aliphatic carbocycles. The fourth-order valence-corrected chi connectivity index (χ4v) is 5.21. The van der Waals surface area contributed by atoms with Crippen LogP contribution in [0, 0.1) is 10.1 Å². The Kier molecular flexibility index (Phi) is 4.81. The molecular weight excluding hydrogens is 390 g/mol. The van der Waals surface area contributed by atoms with Gasteiger partial charge in [-0.1, -0.05) is 36.4 Å². The zero-order chi connectivity index (χ0) is 19.7. The molecule has 0 aliphatic heterocycles. The van der Waals surface area contributed by atoms with Crippen molar-refractivity contribution in [2.45, 2.75) is 19.6 Å². The van der Waals surface area contributed by atoms with Crippen molar-refractivity contribution < 1.29 is 21.8 Å². The summed E-state index contributed by atoms with van der Waals surface area (Å²) in [5, 5.41) is 11.2. The molecule has 0 spiro atoms. The van der Waals surface area contributed by atoms with E-state index in [-0.39, 0.29) is 9.79 Å². The minimum absolute atomic E-state index is 0.0893. The third kappa shape index (κ3) is 3.60. The molecule has 0 unspecified atom stereocenters. The van der Waals surface area contributed by atoms with E-state index in [0.717, 1.165) is 18.2 Å². The minimum Gasteiger partial charge on any atom is -0.258 e. The maximum absolute atomic E-state index is 12.8. The van der Waals surface area contributed by atoms with Crippen LogP contribution in [-0.2, 0) is 19.7 Å². The van der Waals surface area contributed by atoms with E-state index in [4.69, 9.17) is 0 Å². The number of benzene rings is 3. The maximum atomic E-state index is 12.8. The Balaban J connectivity index is 2.26. The van der Waals surface area contributed by atoms with Gasteiger partial charge in [-0.3, -0.25) is 10.1 Å². The molecule has 0 saturated heterocycles. The van der Waals surface area contributed by atoms with Gasteiger partial charge in [0, 0.05) is 12.1 Å². The van der Waals surface area contributed by atoms with E-state index < -0.39 is 40.1 Å². The first-order chi connectivity index (χ1) is 12.7. The lowest BCUT2D eigenvalue weighted by molar-refractivity contribution is -0.385. The lowest BCUT2D eigenvalue weighted by atomic mass is 10.3. The Morgan fingerprint density at radius 3 is 1.30 bits per heavy atom. The molecule has 0 amide bonds. The molecule has 0 atom stereocenters. The summed E-state index contributed by atoms with van der Waals surface area (Å²) in [7, 11) is -8.26. The van der Waals surface area contributed by atoms with Gasteiger partial charge in [0.1, 0.15) is 0 Å². The molecule has 0 fully saturated rings. The number of hydrogen-bond donors (Lipinski definition) is 0. The maximum Gasteiger partial charge on any atom is 0.272 e. The molecular formula is C18H13NO6S2. The molecule has 0 saturated carbocycles. The van der Waals surface area contributed by atoms with E-state index in [2.05, 4.69) is 0 Å². The third-order valence-corrected chi connectivity index (χ3v) is 7.30. The monoisotopic (exact) mass is 403 g/mol. The predicted octanol–water partition coefficient (Wildman–Crippen LogP) is 3.26. The van der Waals surface area contributed by atoms with Crippen molar-refractivity contribution in [2.24, 2.45) is 0 Å². The van der Waals surface area contributed by atoms with Crippen LogP contribution in [0.25, 0.3) is 0 Å². The Bertz CT molecular complexity index is 1120. The van der Waals surface area contributed by atoms with Crippen molar-refractivity contribution in [1.29, 1.82) is 0 Å². The highest BCUT2D eigenvalue weighted by Crippen LogP contribution is 2.30. The van der Waals surface area contributed by atoms with Crippen molar-refractivity contribution in [3.63, 3.8) is 0 Å². The fraction of sp³-hybridized carbons (Fsp3) is 0. The van der Waals surface area contributed by atoms with Crippen LogP contribution < -0.4 is 0 Å². The SMILES string of the molecule is O=[N+]([O-])c1cc(S(=O)(=O)c2ccccc2)cc(S(=O)(=O)c2ccccc2)c1. The van der Waals surface area contributed by atoms with Gasteiger partial charge in [-0.2, -0.15) is 0 Å². The summed E-state index contributed by atoms with van der Waals surface area (Å²) >= 11 is 0. The number of hydrogen-bond acceptors (Lipinski definition) is 6. The quantitative estimate of drug-likeness (QED) is 0.477. The van der Waals surface area contributed by atoms with E-state index >= 15 is 0 Å². The smallest absolute Gasteiger partial charge is 0.258 e. The number of nitrogens with zero attached hydrogens (tertiary/aromatic N) is 1. The molecule has 27 heavy (non-hydrogen) atoms. The van der Waals surface area contributed by atoms with Gasteiger partial charge in [-0.05, 0) is 30.3 Å². The zero-order valence-electron chi connectivity index (χ0n) is 13.7. The van der Waals surface area contributed by atoms with Gasteiger partial charge >= 0.3 is 0 Å². The molecule has 0 aromatic heterocycles. The molecule has 0 N–H and O–H groups in total. The summed E-state index contributed by atoms with van der Waals surface area (Å²) in [6.45, 7) is 0. The van der Waals surface area contributed by atoms with Crippen LogP contribution in [0.1, 0.15) is 0 Å². The largest absolute Gasteiger partial charge is 0.272 e. The van der Waals surface area contributed by atoms with Crippen molar-refractivity contribution >= 4 is 25.4 Å². The van der Waals surface area contributed by atoms with Crippen LogP contribution in [-0.4, -0.2) is 21.8 Å². The van der Waals surface area contributed by atoms with Crippen LogP contribution >= 0.6 is 0 Å². The highest BCUT2D eigenvalue weighted by Gasteiger charge is 2.26. The van der Waals surface area contributed by atoms with Crippen LogP contribution in [0.15, 0.2) is 98.4 Å². The number of nitro benzene ring substituents is 1. The van der Waals surface area contributed by atoms with Gasteiger partial charge in [0.05, 0.1) is 24.5 Å². The highest BCUT2D eigenvalue weighted by atomic mass is 32.2. The molecule has 3 rings (SSSR count). The first-order valence-corrected chi connectivity index (χ1v) is 10.6. The first-order valence-electron chi connectivity index (χ1n) is 7.63. The Labute approximate surface area is 155 Å². The summed E-state index contributed by atoms with van der Waals surface area (Å²) in [6.07, 6.45) is 0. The van der Waals surface area contributed by atoms with E-state index in [1.165, 1.54) is 48.5 Å². The van der Waals surface area contributed by atoms with Crippen molar-refractivity contribution in [3.8, 4) is 0 Å². The van der Waals surface area contributed by atoms with Crippen LogP contribution in [0.4, 0.5) is 5.69 Å². The van der Waals surface area contributed by atoms with Crippen molar-refractivity contribution in [2.75, 3.05) is 0 Å². The number of rotatable bonds is 5. The van der Waals surface area contributed by atoms with Crippen molar-refractivity contribution in [1.82, 2.24) is 0 Å². The Morgan fingerprint density at radius 1 is 0.593 bits per heavy atom. The first kappa shape index (κ1) is 18.7. The molecule has 9 heteroatoms. The Morgan fingerprint density at radius 2 is 0.963 bits per heavy atom. The van der Waals surface area contributed by atoms with Gasteiger partial charge in [-0.15, -0.1) is 0 Å². The van der Waals surface area contributed by atoms with Gasteiger partial charge in [0.25, 0.3) is 5.69 Å². The summed E-state index contributed by atoms with van der Waals surface area (Å²) in [6, 6.07) is 17.2. The van der Waals surface area contributed by atoms with E-state index in [0.29, 0.717) is 0 Å². The Hall–Kier alpha value is -3.04. The van der Waals surface area contributed by atoms with Gasteiger partial charge in [-0.25, -0.2) is 16.8 Å². The zero-order valence-corrected chi connectivity index (χ0v) is 15.4. The van der Waals surface area contributed by atoms with Crippen LogP contribution in [0.2, 0.25) is 0 Å². The average Bonchev–Trinajstić information content (AvgIpc) is 2.69. The molecule has 3 aromatic rings. The van der Waals surface area contributed by atoms with Crippen LogP contribution in [0.5, 0.6) is 0 Å². The highest BCUT2D eigenvalue weighted by molar-refractivity contribution is 7.92. The summed E-state index contributed by atoms with van der Waals surface area (Å²) in [4.78, 5) is 9.32. The second kappa shape index (κ2) is 6.93. The van der Waals surface area contributed by atoms with Gasteiger partial charge in [0.2, 0.25) is 19.7 Å². The minimum atomic E-state index is -4.13. The topological polar surface area (TPSA) is 111 Å². The van der Waals surface area contributed by atoms with E-state index in [1.807, 2.05) is 0 Å². The molecule has 0 heterocycles. The lowest BCUT2D eigenvalue weighted by Gasteiger charge is -2.09. The second-order valence-corrected chi connectivity index (χ2v) is 9.45. The third-order valence-electron chi connectivity index (χ3n) is 3.80. The summed E-state index contributed by atoms with van der Waals surface area (Å²) in [5.74, 6) is 0. The fourth-order valence-electron chi connectivity index (χ4n) is 2.44. The molecule has 7 nitrogen and oxygen atoms in total. The van der Waals surface area contributed by atoms with Gasteiger partial charge < -0.3 is 0 Å². The normalized spacial score (nSPS) is 11.9. The van der Waals surface area contributed by atoms with Crippen molar-refractivity contribution in [3.05, 3.63) is 89.0 Å². The van der Waals surface area contributed by atoms with Gasteiger partial charge in [0.15, 0.2) is 0 Å². The summed E-state index contributed by atoms with van der Waals surface area (Å²) < 4.78 is 51.2. The molecule has 3 aromatic carbocycles. The lowest BCUT2D eigenvalue weighted by Crippen LogP contribution is -2.07. The van der Waals surface area contributed by atoms with E-state index in [9.17, 15) is 26.9 Å². The van der Waals surface area contributed by atoms with Crippen LogP contribution in [0.3, 0.4) is 0 Å². The molecule has 0 aliphatic rings. The second-order valence-electron chi connectivity index (χ2n) is 5.55.